The standard InChI is InChI=1S/C19H22N6O4/c1-4-11-5-10-6-16(28-2)17(29-3)7-12(10)14-8-15(26)13(9-25(11)14)18(27)22-19(20)23-24-21/h6-9,11H,4-5H2,1-3H3,(H4,20,21,22,23,27). The maximum absolute atomic E-state index is 12.7. The summed E-state index contributed by atoms with van der Waals surface area (Å²) in [5.41, 5.74) is 14.2. The van der Waals surface area contributed by atoms with E-state index in [0.717, 1.165) is 17.5 Å². The van der Waals surface area contributed by atoms with Crippen molar-refractivity contribution in [2.75, 3.05) is 14.2 Å². The van der Waals surface area contributed by atoms with Gasteiger partial charge in [0.25, 0.3) is 5.91 Å². The van der Waals surface area contributed by atoms with Crippen molar-refractivity contribution < 1.29 is 14.3 Å². The van der Waals surface area contributed by atoms with E-state index in [2.05, 4.69) is 15.6 Å². The van der Waals surface area contributed by atoms with Crippen LogP contribution in [0.25, 0.3) is 11.3 Å². The van der Waals surface area contributed by atoms with Crippen LogP contribution in [0.4, 0.5) is 0 Å². The summed E-state index contributed by atoms with van der Waals surface area (Å²) < 4.78 is 12.7. The van der Waals surface area contributed by atoms with Crippen LogP contribution < -0.4 is 26.0 Å². The van der Waals surface area contributed by atoms with E-state index in [9.17, 15) is 9.59 Å². The van der Waals surface area contributed by atoms with Crippen LogP contribution in [-0.2, 0) is 6.42 Å². The number of hydrogen-bond acceptors (Lipinski definition) is 6. The summed E-state index contributed by atoms with van der Waals surface area (Å²) in [5.74, 6) is 0.122. The first-order valence-electron chi connectivity index (χ1n) is 8.96. The van der Waals surface area contributed by atoms with Crippen molar-refractivity contribution >= 4 is 11.9 Å². The van der Waals surface area contributed by atoms with Gasteiger partial charge in [-0.05, 0) is 35.8 Å². The van der Waals surface area contributed by atoms with Gasteiger partial charge in [0, 0.05) is 23.9 Å². The second-order valence-electron chi connectivity index (χ2n) is 6.51. The summed E-state index contributed by atoms with van der Waals surface area (Å²) in [5, 5.41) is 8.23. The largest absolute Gasteiger partial charge is 0.493 e. The number of fused-ring (bicyclic) bond motifs is 3. The van der Waals surface area contributed by atoms with Gasteiger partial charge in [0.05, 0.1) is 19.9 Å². The highest BCUT2D eigenvalue weighted by atomic mass is 16.5. The number of methoxy groups -OCH3 is 2. The lowest BCUT2D eigenvalue weighted by Gasteiger charge is -2.31. The monoisotopic (exact) mass is 398 g/mol. The summed E-state index contributed by atoms with van der Waals surface area (Å²) in [6, 6.07) is 5.25. The maximum Gasteiger partial charge on any atom is 0.263 e. The molecule has 10 heteroatoms. The predicted octanol–water partition coefficient (Wildman–Crippen LogP) is 2.03. The molecular formula is C19H22N6O4. The molecule has 4 N–H and O–H groups in total. The van der Waals surface area contributed by atoms with Crippen molar-refractivity contribution in [1.29, 1.82) is 5.53 Å². The van der Waals surface area contributed by atoms with E-state index >= 15 is 0 Å². The molecule has 0 saturated heterocycles. The maximum atomic E-state index is 12.7. The first-order valence-corrected chi connectivity index (χ1v) is 8.96. The Morgan fingerprint density at radius 3 is 2.62 bits per heavy atom. The van der Waals surface area contributed by atoms with Gasteiger partial charge in [0.2, 0.25) is 5.96 Å². The lowest BCUT2D eigenvalue weighted by Crippen LogP contribution is -2.39. The molecule has 1 aliphatic rings. The number of guanidine groups is 1. The van der Waals surface area contributed by atoms with Gasteiger partial charge >= 0.3 is 0 Å². The van der Waals surface area contributed by atoms with Crippen LogP contribution in [0.5, 0.6) is 11.5 Å². The number of nitrogens with one attached hydrogen (secondary N) is 2. The average Bonchev–Trinajstić information content (AvgIpc) is 2.71. The Labute approximate surface area is 166 Å². The molecule has 1 unspecified atom stereocenters. The number of nitrogens with zero attached hydrogens (tertiary/aromatic N) is 3. The van der Waals surface area contributed by atoms with Crippen molar-refractivity contribution in [3.8, 4) is 22.8 Å². The van der Waals surface area contributed by atoms with E-state index in [0.29, 0.717) is 23.6 Å². The number of ether oxygens (including phenoxy) is 2. The SMILES string of the molecule is CCC1Cc2cc(OC)c(OC)cc2-c2cc(=O)c(C(=O)NC(N)=NN=N)cn21. The van der Waals surface area contributed by atoms with Gasteiger partial charge in [-0.15, -0.1) is 0 Å². The molecule has 1 aromatic heterocycles. The zero-order valence-corrected chi connectivity index (χ0v) is 16.4. The van der Waals surface area contributed by atoms with E-state index < -0.39 is 11.3 Å². The van der Waals surface area contributed by atoms with E-state index in [1.807, 2.05) is 23.6 Å². The summed E-state index contributed by atoms with van der Waals surface area (Å²) in [7, 11) is 3.13. The number of rotatable bonds is 5. The number of benzene rings is 1. The molecule has 1 aliphatic heterocycles. The minimum atomic E-state index is -0.705. The number of nitrogens with two attached hydrogens (primary N) is 1. The van der Waals surface area contributed by atoms with E-state index in [1.165, 1.54) is 12.3 Å². The summed E-state index contributed by atoms with van der Waals surface area (Å²) >= 11 is 0. The van der Waals surface area contributed by atoms with Crippen molar-refractivity contribution in [3.05, 3.63) is 45.7 Å². The molecule has 29 heavy (non-hydrogen) atoms. The molecule has 0 aliphatic carbocycles. The van der Waals surface area contributed by atoms with E-state index in [4.69, 9.17) is 20.7 Å². The third kappa shape index (κ3) is 3.68. The van der Waals surface area contributed by atoms with Crippen molar-refractivity contribution in [3.63, 3.8) is 0 Å². The van der Waals surface area contributed by atoms with Gasteiger partial charge < -0.3 is 19.8 Å². The minimum Gasteiger partial charge on any atom is -0.493 e. The normalized spacial score (nSPS) is 15.1. The van der Waals surface area contributed by atoms with Crippen LogP contribution in [0.1, 0.15) is 35.3 Å². The van der Waals surface area contributed by atoms with E-state index in [-0.39, 0.29) is 17.6 Å². The third-order valence-corrected chi connectivity index (χ3v) is 4.93. The Balaban J connectivity index is 2.14. The number of aromatic nitrogens is 1. The first-order chi connectivity index (χ1) is 13.9. The third-order valence-electron chi connectivity index (χ3n) is 4.93. The Kier molecular flexibility index (Phi) is 5.62. The second kappa shape index (κ2) is 8.13. The fourth-order valence-corrected chi connectivity index (χ4v) is 3.52. The fraction of sp³-hybridized carbons (Fsp3) is 0.316. The summed E-state index contributed by atoms with van der Waals surface area (Å²) in [4.78, 5) is 25.1. The second-order valence-corrected chi connectivity index (χ2v) is 6.51. The highest BCUT2D eigenvalue weighted by molar-refractivity contribution is 6.05. The molecule has 2 heterocycles. The number of pyridine rings is 1. The van der Waals surface area contributed by atoms with Gasteiger partial charge in [-0.2, -0.15) is 5.53 Å². The molecule has 1 aromatic carbocycles. The highest BCUT2D eigenvalue weighted by Crippen LogP contribution is 2.41. The zero-order valence-electron chi connectivity index (χ0n) is 16.4. The first kappa shape index (κ1) is 20.1. The topological polar surface area (TPSA) is 144 Å². The number of hydrogen-bond donors (Lipinski definition) is 3. The van der Waals surface area contributed by atoms with Gasteiger partial charge in [0.15, 0.2) is 16.9 Å². The molecular weight excluding hydrogens is 376 g/mol. The van der Waals surface area contributed by atoms with Crippen molar-refractivity contribution in [2.24, 2.45) is 16.1 Å². The smallest absolute Gasteiger partial charge is 0.263 e. The van der Waals surface area contributed by atoms with Crippen LogP contribution in [0.15, 0.2) is 39.5 Å². The summed E-state index contributed by atoms with van der Waals surface area (Å²) in [6.45, 7) is 2.04. The Bertz CT molecular complexity index is 1060. The predicted molar refractivity (Wildman–Crippen MR) is 107 cm³/mol. The Hall–Kier alpha value is -3.69. The van der Waals surface area contributed by atoms with Gasteiger partial charge in [0.1, 0.15) is 5.56 Å². The number of amides is 1. The lowest BCUT2D eigenvalue weighted by molar-refractivity contribution is 0.0974. The van der Waals surface area contributed by atoms with Crippen LogP contribution in [0.3, 0.4) is 0 Å². The molecule has 0 bridgehead atoms. The average molecular weight is 398 g/mol. The molecule has 1 amide bonds. The quantitative estimate of drug-likeness (QED) is 0.305. The van der Waals surface area contributed by atoms with Crippen molar-refractivity contribution in [2.45, 2.75) is 25.8 Å². The molecule has 3 rings (SSSR count). The van der Waals surface area contributed by atoms with E-state index in [1.54, 1.807) is 14.2 Å². The molecule has 0 spiro atoms. The molecule has 2 aromatic rings. The van der Waals surface area contributed by atoms with Gasteiger partial charge in [-0.3, -0.25) is 14.9 Å². The molecule has 0 radical (unpaired) electrons. The van der Waals surface area contributed by atoms with Gasteiger partial charge in [-0.25, -0.2) is 0 Å². The van der Waals surface area contributed by atoms with Crippen molar-refractivity contribution in [1.82, 2.24) is 9.88 Å². The van der Waals surface area contributed by atoms with Crippen LogP contribution in [-0.4, -0.2) is 30.7 Å². The Morgan fingerprint density at radius 1 is 1.31 bits per heavy atom. The lowest BCUT2D eigenvalue weighted by atomic mass is 9.90. The van der Waals surface area contributed by atoms with Crippen LogP contribution in [0, 0.1) is 5.53 Å². The highest BCUT2D eigenvalue weighted by Gasteiger charge is 2.27. The molecule has 10 nitrogen and oxygen atoms in total. The number of carbonyl (C=O) groups is 1. The molecule has 152 valence electrons. The molecule has 1 atom stereocenters. The van der Waals surface area contributed by atoms with Gasteiger partial charge in [-0.1, -0.05) is 12.0 Å². The molecule has 0 fully saturated rings. The zero-order chi connectivity index (χ0) is 21.1. The molecule has 0 saturated carbocycles. The Morgan fingerprint density at radius 2 is 2.00 bits per heavy atom. The van der Waals surface area contributed by atoms with Crippen LogP contribution in [0.2, 0.25) is 0 Å². The van der Waals surface area contributed by atoms with Crippen LogP contribution >= 0.6 is 0 Å². The minimum absolute atomic E-state index is 0.0528. The summed E-state index contributed by atoms with van der Waals surface area (Å²) in [6.07, 6.45) is 3.04. The number of carbonyl (C=O) groups excluding carboxylic acids is 1. The fourth-order valence-electron chi connectivity index (χ4n) is 3.52.